The van der Waals surface area contributed by atoms with Crippen LogP contribution in [-0.4, -0.2) is 5.78 Å². The summed E-state index contributed by atoms with van der Waals surface area (Å²) in [5.41, 5.74) is 0.652. The molecule has 0 aliphatic rings. The Kier molecular flexibility index (Phi) is 3.04. The van der Waals surface area contributed by atoms with Gasteiger partial charge in [0.25, 0.3) is 0 Å². The largest absolute Gasteiger partial charge is 0.294 e. The highest BCUT2D eigenvalue weighted by Crippen LogP contribution is 2.28. The van der Waals surface area contributed by atoms with Crippen LogP contribution >= 0.6 is 11.6 Å². The van der Waals surface area contributed by atoms with Crippen molar-refractivity contribution in [3.63, 3.8) is 0 Å². The molecule has 1 aromatic carbocycles. The molecule has 0 amide bonds. The van der Waals surface area contributed by atoms with E-state index in [0.29, 0.717) is 10.6 Å². The third-order valence-electron chi connectivity index (χ3n) is 1.83. The SMILES string of the molecule is CC(=O)c1cccc(Cl)c1C(C)F. The second-order valence-electron chi connectivity index (χ2n) is 2.87. The highest BCUT2D eigenvalue weighted by molar-refractivity contribution is 6.32. The van der Waals surface area contributed by atoms with Gasteiger partial charge < -0.3 is 0 Å². The van der Waals surface area contributed by atoms with Crippen molar-refractivity contribution in [1.82, 2.24) is 0 Å². The molecule has 1 atom stereocenters. The monoisotopic (exact) mass is 200 g/mol. The fourth-order valence-electron chi connectivity index (χ4n) is 1.25. The van der Waals surface area contributed by atoms with Crippen molar-refractivity contribution in [1.29, 1.82) is 0 Å². The first-order valence-corrected chi connectivity index (χ1v) is 4.35. The van der Waals surface area contributed by atoms with Crippen LogP contribution in [-0.2, 0) is 0 Å². The average molecular weight is 201 g/mol. The van der Waals surface area contributed by atoms with Crippen LogP contribution in [0.5, 0.6) is 0 Å². The van der Waals surface area contributed by atoms with Crippen molar-refractivity contribution < 1.29 is 9.18 Å². The molecule has 0 aromatic heterocycles. The molecule has 13 heavy (non-hydrogen) atoms. The molecule has 1 rings (SSSR count). The summed E-state index contributed by atoms with van der Waals surface area (Å²) in [7, 11) is 0. The zero-order valence-corrected chi connectivity index (χ0v) is 8.23. The first kappa shape index (κ1) is 10.2. The van der Waals surface area contributed by atoms with E-state index in [-0.39, 0.29) is 11.3 Å². The van der Waals surface area contributed by atoms with Crippen LogP contribution in [0.4, 0.5) is 4.39 Å². The summed E-state index contributed by atoms with van der Waals surface area (Å²) >= 11 is 5.78. The molecule has 70 valence electrons. The van der Waals surface area contributed by atoms with Crippen LogP contribution in [0.1, 0.15) is 35.9 Å². The van der Waals surface area contributed by atoms with Crippen LogP contribution in [0.15, 0.2) is 18.2 Å². The van der Waals surface area contributed by atoms with Crippen molar-refractivity contribution in [3.05, 3.63) is 34.3 Å². The molecule has 0 aliphatic carbocycles. The third kappa shape index (κ3) is 2.07. The van der Waals surface area contributed by atoms with Gasteiger partial charge in [0.15, 0.2) is 5.78 Å². The number of carbonyl (C=O) groups excluding carboxylic acids is 1. The van der Waals surface area contributed by atoms with Crippen molar-refractivity contribution in [2.75, 3.05) is 0 Å². The normalized spacial score (nSPS) is 12.6. The lowest BCUT2D eigenvalue weighted by atomic mass is 10.0. The first-order valence-electron chi connectivity index (χ1n) is 3.97. The quantitative estimate of drug-likeness (QED) is 0.667. The Morgan fingerprint density at radius 3 is 2.54 bits per heavy atom. The number of rotatable bonds is 2. The number of ketones is 1. The molecule has 0 aliphatic heterocycles. The molecular weight excluding hydrogens is 191 g/mol. The van der Waals surface area contributed by atoms with E-state index in [9.17, 15) is 9.18 Å². The van der Waals surface area contributed by atoms with Gasteiger partial charge in [-0.2, -0.15) is 0 Å². The van der Waals surface area contributed by atoms with Crippen LogP contribution in [0, 0.1) is 0 Å². The van der Waals surface area contributed by atoms with Crippen molar-refractivity contribution >= 4 is 17.4 Å². The number of hydrogen-bond acceptors (Lipinski definition) is 1. The van der Waals surface area contributed by atoms with Gasteiger partial charge in [-0.3, -0.25) is 4.79 Å². The van der Waals surface area contributed by atoms with E-state index < -0.39 is 6.17 Å². The zero-order valence-electron chi connectivity index (χ0n) is 7.47. The molecule has 1 unspecified atom stereocenters. The fourth-order valence-corrected chi connectivity index (χ4v) is 1.57. The van der Waals surface area contributed by atoms with Crippen LogP contribution in [0.3, 0.4) is 0 Å². The Bertz CT molecular complexity index is 334. The number of Topliss-reactive ketones (excluding diaryl/α,β-unsaturated/α-hetero) is 1. The maximum atomic E-state index is 13.1. The Labute approximate surface area is 81.5 Å². The summed E-state index contributed by atoms with van der Waals surface area (Å²) in [6, 6.07) is 4.81. The Hall–Kier alpha value is -0.890. The van der Waals surface area contributed by atoms with Gasteiger partial charge in [-0.25, -0.2) is 4.39 Å². The Morgan fingerprint density at radius 1 is 1.54 bits per heavy atom. The van der Waals surface area contributed by atoms with Crippen molar-refractivity contribution in [2.24, 2.45) is 0 Å². The van der Waals surface area contributed by atoms with E-state index in [1.54, 1.807) is 18.2 Å². The van der Waals surface area contributed by atoms with Gasteiger partial charge in [0.1, 0.15) is 6.17 Å². The number of benzene rings is 1. The molecular formula is C10H10ClFO. The molecule has 0 saturated heterocycles. The van der Waals surface area contributed by atoms with Crippen LogP contribution in [0.25, 0.3) is 0 Å². The summed E-state index contributed by atoms with van der Waals surface area (Å²) < 4.78 is 13.1. The first-order chi connectivity index (χ1) is 6.04. The Morgan fingerprint density at radius 2 is 2.15 bits per heavy atom. The summed E-state index contributed by atoms with van der Waals surface area (Å²) in [6.45, 7) is 2.77. The molecule has 0 saturated carbocycles. The van der Waals surface area contributed by atoms with Gasteiger partial charge in [0.2, 0.25) is 0 Å². The van der Waals surface area contributed by atoms with Gasteiger partial charge in [-0.1, -0.05) is 23.7 Å². The van der Waals surface area contributed by atoms with E-state index in [1.807, 2.05) is 0 Å². The number of alkyl halides is 1. The summed E-state index contributed by atoms with van der Waals surface area (Å²) in [4.78, 5) is 11.1. The van der Waals surface area contributed by atoms with E-state index >= 15 is 0 Å². The van der Waals surface area contributed by atoms with Crippen LogP contribution in [0.2, 0.25) is 5.02 Å². The van der Waals surface area contributed by atoms with Crippen LogP contribution < -0.4 is 0 Å². The highest BCUT2D eigenvalue weighted by Gasteiger charge is 2.15. The van der Waals surface area contributed by atoms with E-state index in [4.69, 9.17) is 11.6 Å². The maximum absolute atomic E-state index is 13.1. The van der Waals surface area contributed by atoms with E-state index in [0.717, 1.165) is 0 Å². The summed E-state index contributed by atoms with van der Waals surface area (Å²) in [6.07, 6.45) is -1.22. The number of hydrogen-bond donors (Lipinski definition) is 0. The predicted octanol–water partition coefficient (Wildman–Crippen LogP) is 3.57. The number of halogens is 2. The third-order valence-corrected chi connectivity index (χ3v) is 2.16. The van der Waals surface area contributed by atoms with Gasteiger partial charge in [-0.15, -0.1) is 0 Å². The lowest BCUT2D eigenvalue weighted by Gasteiger charge is -2.09. The van der Waals surface area contributed by atoms with Gasteiger partial charge in [0, 0.05) is 16.1 Å². The topological polar surface area (TPSA) is 17.1 Å². The second-order valence-corrected chi connectivity index (χ2v) is 3.28. The molecule has 0 fully saturated rings. The molecule has 1 aromatic rings. The average Bonchev–Trinajstić information content (AvgIpc) is 2.02. The summed E-state index contributed by atoms with van der Waals surface area (Å²) in [5, 5.41) is 0.308. The fraction of sp³-hybridized carbons (Fsp3) is 0.300. The van der Waals surface area contributed by atoms with Gasteiger partial charge in [-0.05, 0) is 19.9 Å². The van der Waals surface area contributed by atoms with E-state index in [1.165, 1.54) is 13.8 Å². The van der Waals surface area contributed by atoms with E-state index in [2.05, 4.69) is 0 Å². The standard InChI is InChI=1S/C10H10ClFO/c1-6(12)10-8(7(2)13)4-3-5-9(10)11/h3-6H,1-2H3. The van der Waals surface area contributed by atoms with Crippen molar-refractivity contribution in [2.45, 2.75) is 20.0 Å². The predicted molar refractivity (Wildman–Crippen MR) is 51.0 cm³/mol. The zero-order chi connectivity index (χ0) is 10.0. The molecule has 3 heteroatoms. The molecule has 0 radical (unpaired) electrons. The lowest BCUT2D eigenvalue weighted by molar-refractivity contribution is 0.101. The second kappa shape index (κ2) is 3.88. The molecule has 0 N–H and O–H groups in total. The molecule has 0 spiro atoms. The molecule has 0 bridgehead atoms. The highest BCUT2D eigenvalue weighted by atomic mass is 35.5. The molecule has 0 heterocycles. The minimum atomic E-state index is -1.22. The summed E-state index contributed by atoms with van der Waals surface area (Å²) in [5.74, 6) is -0.165. The van der Waals surface area contributed by atoms with Gasteiger partial charge in [0.05, 0.1) is 0 Å². The smallest absolute Gasteiger partial charge is 0.160 e. The van der Waals surface area contributed by atoms with Gasteiger partial charge >= 0.3 is 0 Å². The molecule has 1 nitrogen and oxygen atoms in total. The lowest BCUT2D eigenvalue weighted by Crippen LogP contribution is -2.01. The maximum Gasteiger partial charge on any atom is 0.160 e. The number of carbonyl (C=O) groups is 1. The minimum Gasteiger partial charge on any atom is -0.294 e. The minimum absolute atomic E-state index is 0.165. The van der Waals surface area contributed by atoms with Crippen molar-refractivity contribution in [3.8, 4) is 0 Å². The Balaban J connectivity index is 3.34.